The Morgan fingerprint density at radius 2 is 2.16 bits per heavy atom. The zero-order chi connectivity index (χ0) is 14.0. The largest absolute Gasteiger partial charge is 0.399 e. The second kappa shape index (κ2) is 5.68. The minimum absolute atomic E-state index is 0.128. The number of hydrogen-bond donors (Lipinski definition) is 2. The van der Waals surface area contributed by atoms with E-state index in [1.54, 1.807) is 11.8 Å². The molecule has 2 atom stereocenters. The third kappa shape index (κ3) is 3.21. The zero-order valence-electron chi connectivity index (χ0n) is 10.6. The summed E-state index contributed by atoms with van der Waals surface area (Å²) in [4.78, 5) is -0.339. The summed E-state index contributed by atoms with van der Waals surface area (Å²) in [6.07, 6.45) is 4.73. The molecule has 1 aliphatic carbocycles. The Labute approximate surface area is 117 Å². The van der Waals surface area contributed by atoms with Crippen LogP contribution in [0.5, 0.6) is 0 Å². The molecule has 106 valence electrons. The molecule has 3 N–H and O–H groups in total. The maximum Gasteiger partial charge on any atom is 0.243 e. The van der Waals surface area contributed by atoms with Gasteiger partial charge < -0.3 is 5.73 Å². The summed E-state index contributed by atoms with van der Waals surface area (Å²) in [6.45, 7) is 0. The molecule has 1 aromatic rings. The number of halogens is 1. The van der Waals surface area contributed by atoms with Crippen LogP contribution in [0.25, 0.3) is 0 Å². The molecule has 7 heteroatoms. The van der Waals surface area contributed by atoms with E-state index in [2.05, 4.69) is 4.72 Å². The maximum atomic E-state index is 13.7. The lowest BCUT2D eigenvalue weighted by atomic mass is 10.3. The van der Waals surface area contributed by atoms with Gasteiger partial charge in [0.25, 0.3) is 0 Å². The SMILES string of the molecule is CSC1CCCC1NS(=O)(=O)c1ccc(N)cc1F. The first-order valence-electron chi connectivity index (χ1n) is 6.04. The molecule has 1 saturated carbocycles. The molecule has 0 bridgehead atoms. The lowest BCUT2D eigenvalue weighted by molar-refractivity contribution is 0.539. The fourth-order valence-corrected chi connectivity index (χ4v) is 4.73. The first kappa shape index (κ1) is 14.6. The molecule has 1 fully saturated rings. The minimum atomic E-state index is -3.83. The Morgan fingerprint density at radius 3 is 2.79 bits per heavy atom. The Hall–Kier alpha value is -0.790. The van der Waals surface area contributed by atoms with Crippen LogP contribution in [0, 0.1) is 5.82 Å². The summed E-state index contributed by atoms with van der Waals surface area (Å²) in [6, 6.07) is 3.49. The van der Waals surface area contributed by atoms with E-state index in [9.17, 15) is 12.8 Å². The van der Waals surface area contributed by atoms with E-state index in [4.69, 9.17) is 5.73 Å². The molecule has 1 aromatic carbocycles. The van der Waals surface area contributed by atoms with Gasteiger partial charge in [-0.2, -0.15) is 11.8 Å². The first-order chi connectivity index (χ1) is 8.94. The summed E-state index contributed by atoms with van der Waals surface area (Å²) < 4.78 is 40.7. The molecular formula is C12H17FN2O2S2. The second-order valence-corrected chi connectivity index (χ2v) is 7.38. The Bertz CT molecular complexity index is 563. The fraction of sp³-hybridized carbons (Fsp3) is 0.500. The van der Waals surface area contributed by atoms with Gasteiger partial charge in [0.05, 0.1) is 0 Å². The van der Waals surface area contributed by atoms with Gasteiger partial charge in [-0.25, -0.2) is 17.5 Å². The summed E-state index contributed by atoms with van der Waals surface area (Å²) in [5.74, 6) is -0.814. The average molecular weight is 304 g/mol. The number of nitrogens with two attached hydrogens (primary N) is 1. The minimum Gasteiger partial charge on any atom is -0.399 e. The van der Waals surface area contributed by atoms with E-state index in [1.165, 1.54) is 12.1 Å². The summed E-state index contributed by atoms with van der Waals surface area (Å²) in [7, 11) is -3.83. The molecule has 1 aliphatic rings. The van der Waals surface area contributed by atoms with Crippen LogP contribution in [-0.4, -0.2) is 26.0 Å². The molecule has 0 heterocycles. The van der Waals surface area contributed by atoms with Crippen LogP contribution < -0.4 is 10.5 Å². The summed E-state index contributed by atoms with van der Waals surface area (Å²) in [5, 5.41) is 0.256. The van der Waals surface area contributed by atoms with E-state index in [-0.39, 0.29) is 21.9 Å². The molecule has 0 saturated heterocycles. The molecule has 2 unspecified atom stereocenters. The van der Waals surface area contributed by atoms with E-state index >= 15 is 0 Å². The maximum absolute atomic E-state index is 13.7. The third-order valence-electron chi connectivity index (χ3n) is 3.31. The van der Waals surface area contributed by atoms with Crippen molar-refractivity contribution < 1.29 is 12.8 Å². The highest BCUT2D eigenvalue weighted by Crippen LogP contribution is 2.29. The van der Waals surface area contributed by atoms with Gasteiger partial charge in [0.1, 0.15) is 10.7 Å². The topological polar surface area (TPSA) is 72.2 Å². The highest BCUT2D eigenvalue weighted by molar-refractivity contribution is 7.99. The molecule has 2 rings (SSSR count). The molecule has 0 aliphatic heterocycles. The van der Waals surface area contributed by atoms with Gasteiger partial charge in [0.15, 0.2) is 0 Å². The number of anilines is 1. The van der Waals surface area contributed by atoms with E-state index in [0.29, 0.717) is 0 Å². The monoisotopic (exact) mass is 304 g/mol. The zero-order valence-corrected chi connectivity index (χ0v) is 12.2. The first-order valence-corrected chi connectivity index (χ1v) is 8.81. The number of hydrogen-bond acceptors (Lipinski definition) is 4. The van der Waals surface area contributed by atoms with Crippen LogP contribution >= 0.6 is 11.8 Å². The fourth-order valence-electron chi connectivity index (χ4n) is 2.34. The highest BCUT2D eigenvalue weighted by atomic mass is 32.2. The van der Waals surface area contributed by atoms with Gasteiger partial charge in [-0.3, -0.25) is 0 Å². The van der Waals surface area contributed by atoms with Crippen molar-refractivity contribution in [2.24, 2.45) is 0 Å². The number of nitrogen functional groups attached to an aromatic ring is 1. The van der Waals surface area contributed by atoms with E-state index in [0.717, 1.165) is 25.3 Å². The second-order valence-electron chi connectivity index (χ2n) is 4.62. The van der Waals surface area contributed by atoms with Crippen molar-refractivity contribution in [2.75, 3.05) is 12.0 Å². The molecule has 0 spiro atoms. The van der Waals surface area contributed by atoms with Crippen molar-refractivity contribution >= 4 is 27.5 Å². The van der Waals surface area contributed by atoms with Gasteiger partial charge in [-0.05, 0) is 37.3 Å². The molecular weight excluding hydrogens is 287 g/mol. The van der Waals surface area contributed by atoms with Crippen LogP contribution in [0.3, 0.4) is 0 Å². The Morgan fingerprint density at radius 1 is 1.42 bits per heavy atom. The van der Waals surface area contributed by atoms with Crippen LogP contribution in [0.1, 0.15) is 19.3 Å². The lowest BCUT2D eigenvalue weighted by Crippen LogP contribution is -2.38. The molecule has 0 amide bonds. The van der Waals surface area contributed by atoms with Crippen LogP contribution in [-0.2, 0) is 10.0 Å². The quantitative estimate of drug-likeness (QED) is 0.834. The van der Waals surface area contributed by atoms with Gasteiger partial charge >= 0.3 is 0 Å². The predicted molar refractivity (Wildman–Crippen MR) is 76.1 cm³/mol. The van der Waals surface area contributed by atoms with Gasteiger partial charge in [-0.1, -0.05) is 6.42 Å². The van der Waals surface area contributed by atoms with Crippen molar-refractivity contribution in [1.82, 2.24) is 4.72 Å². The summed E-state index contributed by atoms with van der Waals surface area (Å²) in [5.41, 5.74) is 5.63. The van der Waals surface area contributed by atoms with Gasteiger partial charge in [0.2, 0.25) is 10.0 Å². The standard InChI is InChI=1S/C12H17FN2O2S2/c1-18-11-4-2-3-10(11)15-19(16,17)12-6-5-8(14)7-9(12)13/h5-7,10-11,15H,2-4,14H2,1H3. The third-order valence-corrected chi connectivity index (χ3v) is 6.00. The van der Waals surface area contributed by atoms with Crippen molar-refractivity contribution in [2.45, 2.75) is 35.4 Å². The van der Waals surface area contributed by atoms with Crippen molar-refractivity contribution in [1.29, 1.82) is 0 Å². The van der Waals surface area contributed by atoms with Crippen LogP contribution in [0.4, 0.5) is 10.1 Å². The molecule has 19 heavy (non-hydrogen) atoms. The highest BCUT2D eigenvalue weighted by Gasteiger charge is 2.31. The molecule has 0 radical (unpaired) electrons. The normalized spacial score (nSPS) is 23.7. The number of thioether (sulfide) groups is 1. The Balaban J connectivity index is 2.23. The molecule has 0 aromatic heterocycles. The van der Waals surface area contributed by atoms with Crippen LogP contribution in [0.15, 0.2) is 23.1 Å². The van der Waals surface area contributed by atoms with Crippen LogP contribution in [0.2, 0.25) is 0 Å². The number of sulfonamides is 1. The molecule has 4 nitrogen and oxygen atoms in total. The number of nitrogens with one attached hydrogen (secondary N) is 1. The average Bonchev–Trinajstić information content (AvgIpc) is 2.74. The number of benzene rings is 1. The smallest absolute Gasteiger partial charge is 0.243 e. The van der Waals surface area contributed by atoms with Crippen molar-refractivity contribution in [3.63, 3.8) is 0 Å². The van der Waals surface area contributed by atoms with E-state index in [1.807, 2.05) is 6.26 Å². The Kier molecular flexibility index (Phi) is 4.37. The van der Waals surface area contributed by atoms with E-state index < -0.39 is 15.8 Å². The van der Waals surface area contributed by atoms with Gasteiger partial charge in [0, 0.05) is 17.0 Å². The number of rotatable bonds is 4. The van der Waals surface area contributed by atoms with Crippen molar-refractivity contribution in [3.8, 4) is 0 Å². The summed E-state index contributed by atoms with van der Waals surface area (Å²) >= 11 is 1.64. The lowest BCUT2D eigenvalue weighted by Gasteiger charge is -2.19. The van der Waals surface area contributed by atoms with Crippen molar-refractivity contribution in [3.05, 3.63) is 24.0 Å². The predicted octanol–water partition coefficient (Wildman–Crippen LogP) is 1.97. The van der Waals surface area contributed by atoms with Gasteiger partial charge in [-0.15, -0.1) is 0 Å².